The summed E-state index contributed by atoms with van der Waals surface area (Å²) in [4.78, 5) is 4.29. The fourth-order valence-electron chi connectivity index (χ4n) is 1.32. The maximum absolute atomic E-state index is 6.04. The van der Waals surface area contributed by atoms with Crippen LogP contribution in [0.1, 0.15) is 5.56 Å². The molecule has 0 aromatic heterocycles. The molecule has 0 heterocycles. The van der Waals surface area contributed by atoms with Gasteiger partial charge in [-0.05, 0) is 24.3 Å². The van der Waals surface area contributed by atoms with Crippen LogP contribution in [0.15, 0.2) is 47.5 Å². The van der Waals surface area contributed by atoms with E-state index in [1.807, 2.05) is 24.3 Å². The number of halogens is 3. The molecule has 0 unspecified atom stereocenters. The van der Waals surface area contributed by atoms with Crippen LogP contribution in [0.4, 0.5) is 5.69 Å². The first-order valence-corrected chi connectivity index (χ1v) is 6.04. The zero-order valence-electron chi connectivity index (χ0n) is 8.70. The molecule has 0 bridgehead atoms. The average molecular weight is 285 g/mol. The Morgan fingerprint density at radius 2 is 1.71 bits per heavy atom. The van der Waals surface area contributed by atoms with Gasteiger partial charge >= 0.3 is 0 Å². The molecule has 0 saturated carbocycles. The van der Waals surface area contributed by atoms with E-state index in [1.54, 1.807) is 24.4 Å². The molecule has 0 atom stereocenters. The largest absolute Gasteiger partial charge is 0.256 e. The number of nitrogens with zero attached hydrogens (tertiary/aromatic N) is 1. The number of benzene rings is 2. The summed E-state index contributed by atoms with van der Waals surface area (Å²) in [5.41, 5.74) is 1.55. The highest BCUT2D eigenvalue weighted by atomic mass is 35.5. The van der Waals surface area contributed by atoms with Gasteiger partial charge < -0.3 is 0 Å². The third-order valence-electron chi connectivity index (χ3n) is 2.14. The number of hydrogen-bond acceptors (Lipinski definition) is 1. The highest BCUT2D eigenvalue weighted by molar-refractivity contribution is 6.43. The third-order valence-corrected chi connectivity index (χ3v) is 3.21. The Hall–Kier alpha value is -1.02. The van der Waals surface area contributed by atoms with Crippen molar-refractivity contribution in [2.75, 3.05) is 0 Å². The Morgan fingerprint density at radius 1 is 0.941 bits per heavy atom. The minimum Gasteiger partial charge on any atom is -0.256 e. The molecule has 0 N–H and O–H groups in total. The first-order valence-electron chi connectivity index (χ1n) is 4.90. The van der Waals surface area contributed by atoms with Gasteiger partial charge in [0.1, 0.15) is 0 Å². The lowest BCUT2D eigenvalue weighted by molar-refractivity contribution is 1.52. The van der Waals surface area contributed by atoms with Gasteiger partial charge in [-0.3, -0.25) is 4.99 Å². The molecule has 2 aromatic carbocycles. The highest BCUT2D eigenvalue weighted by Gasteiger charge is 2.01. The molecule has 0 aliphatic rings. The Labute approximate surface area is 115 Å². The molecule has 0 aliphatic carbocycles. The Balaban J connectivity index is 2.29. The van der Waals surface area contributed by atoms with E-state index in [-0.39, 0.29) is 0 Å². The van der Waals surface area contributed by atoms with E-state index in [0.717, 1.165) is 11.3 Å². The Morgan fingerprint density at radius 3 is 2.47 bits per heavy atom. The molecule has 2 rings (SSSR count). The molecular weight excluding hydrogens is 277 g/mol. The second-order valence-corrected chi connectivity index (χ2v) is 4.60. The lowest BCUT2D eigenvalue weighted by atomic mass is 10.2. The molecule has 2 aromatic rings. The minimum atomic E-state index is 0.500. The van der Waals surface area contributed by atoms with Gasteiger partial charge in [0.25, 0.3) is 0 Å². The van der Waals surface area contributed by atoms with Gasteiger partial charge in [-0.15, -0.1) is 0 Å². The monoisotopic (exact) mass is 283 g/mol. The summed E-state index contributed by atoms with van der Waals surface area (Å²) in [6.45, 7) is 0. The molecular formula is C13H8Cl3N. The Bertz CT molecular complexity index is 564. The smallest absolute Gasteiger partial charge is 0.0680 e. The van der Waals surface area contributed by atoms with Crippen LogP contribution >= 0.6 is 34.8 Å². The van der Waals surface area contributed by atoms with Gasteiger partial charge in [-0.25, -0.2) is 0 Å². The lowest BCUT2D eigenvalue weighted by Gasteiger charge is -1.99. The van der Waals surface area contributed by atoms with Crippen molar-refractivity contribution < 1.29 is 0 Å². The van der Waals surface area contributed by atoms with Crippen molar-refractivity contribution in [2.45, 2.75) is 0 Å². The zero-order valence-corrected chi connectivity index (χ0v) is 11.0. The second kappa shape index (κ2) is 5.54. The predicted octanol–water partition coefficient (Wildman–Crippen LogP) is 5.40. The molecule has 0 saturated heterocycles. The molecule has 0 radical (unpaired) electrons. The second-order valence-electron chi connectivity index (χ2n) is 3.38. The van der Waals surface area contributed by atoms with Gasteiger partial charge in [0.05, 0.1) is 15.7 Å². The molecule has 4 heteroatoms. The van der Waals surface area contributed by atoms with Crippen LogP contribution in [0.25, 0.3) is 0 Å². The summed E-state index contributed by atoms with van der Waals surface area (Å²) in [7, 11) is 0. The number of hydrogen-bond donors (Lipinski definition) is 0. The predicted molar refractivity (Wildman–Crippen MR) is 75.2 cm³/mol. The molecule has 0 aliphatic heterocycles. The number of aliphatic imine (C=N–C) groups is 1. The topological polar surface area (TPSA) is 12.4 Å². The van der Waals surface area contributed by atoms with Crippen molar-refractivity contribution in [3.05, 3.63) is 63.1 Å². The van der Waals surface area contributed by atoms with E-state index in [2.05, 4.69) is 4.99 Å². The molecule has 0 amide bonds. The summed E-state index contributed by atoms with van der Waals surface area (Å²) in [5, 5.41) is 1.67. The van der Waals surface area contributed by atoms with Crippen molar-refractivity contribution in [3.63, 3.8) is 0 Å². The lowest BCUT2D eigenvalue weighted by Crippen LogP contribution is -1.83. The fraction of sp³-hybridized carbons (Fsp3) is 0. The number of rotatable bonds is 2. The summed E-state index contributed by atoms with van der Waals surface area (Å²) in [5.74, 6) is 0. The summed E-state index contributed by atoms with van der Waals surface area (Å²) < 4.78 is 0. The third kappa shape index (κ3) is 3.22. The van der Waals surface area contributed by atoms with Crippen LogP contribution < -0.4 is 0 Å². The minimum absolute atomic E-state index is 0.500. The van der Waals surface area contributed by atoms with E-state index < -0.39 is 0 Å². The summed E-state index contributed by atoms with van der Waals surface area (Å²) in [6.07, 6.45) is 1.67. The van der Waals surface area contributed by atoms with Crippen LogP contribution in [0.5, 0.6) is 0 Å². The van der Waals surface area contributed by atoms with Crippen molar-refractivity contribution in [3.8, 4) is 0 Å². The molecule has 0 spiro atoms. The SMILES string of the molecule is Clc1cccc(/N=C/c2cccc(Cl)c2Cl)c1. The quantitative estimate of drug-likeness (QED) is 0.655. The van der Waals surface area contributed by atoms with Crippen LogP contribution in [0, 0.1) is 0 Å². The standard InChI is InChI=1S/C13H8Cl3N/c14-10-4-2-5-11(7-10)17-8-9-3-1-6-12(15)13(9)16/h1-8H/b17-8+. The van der Waals surface area contributed by atoms with E-state index in [0.29, 0.717) is 15.1 Å². The van der Waals surface area contributed by atoms with Gasteiger partial charge in [-0.2, -0.15) is 0 Å². The van der Waals surface area contributed by atoms with Crippen LogP contribution in [-0.4, -0.2) is 6.21 Å². The first-order chi connectivity index (χ1) is 8.16. The van der Waals surface area contributed by atoms with Gasteiger partial charge in [0, 0.05) is 16.8 Å². The molecule has 86 valence electrons. The van der Waals surface area contributed by atoms with Crippen LogP contribution in [0.3, 0.4) is 0 Å². The average Bonchev–Trinajstić information content (AvgIpc) is 2.31. The summed E-state index contributed by atoms with van der Waals surface area (Å²) >= 11 is 17.8. The van der Waals surface area contributed by atoms with Crippen LogP contribution in [0.2, 0.25) is 15.1 Å². The molecule has 1 nitrogen and oxygen atoms in total. The zero-order chi connectivity index (χ0) is 12.3. The van der Waals surface area contributed by atoms with Crippen LogP contribution in [-0.2, 0) is 0 Å². The first kappa shape index (κ1) is 12.4. The van der Waals surface area contributed by atoms with Gasteiger partial charge in [-0.1, -0.05) is 53.0 Å². The normalized spacial score (nSPS) is 11.0. The van der Waals surface area contributed by atoms with Gasteiger partial charge in [0.15, 0.2) is 0 Å². The molecule has 0 fully saturated rings. The maximum atomic E-state index is 6.04. The van der Waals surface area contributed by atoms with Crippen molar-refractivity contribution >= 4 is 46.7 Å². The Kier molecular flexibility index (Phi) is 4.06. The fourth-order valence-corrected chi connectivity index (χ4v) is 1.86. The van der Waals surface area contributed by atoms with Crippen molar-refractivity contribution in [1.82, 2.24) is 0 Å². The molecule has 17 heavy (non-hydrogen) atoms. The van der Waals surface area contributed by atoms with Crippen molar-refractivity contribution in [1.29, 1.82) is 0 Å². The van der Waals surface area contributed by atoms with E-state index >= 15 is 0 Å². The van der Waals surface area contributed by atoms with Gasteiger partial charge in [0.2, 0.25) is 0 Å². The summed E-state index contributed by atoms with van der Waals surface area (Å²) in [6, 6.07) is 12.7. The maximum Gasteiger partial charge on any atom is 0.0680 e. The highest BCUT2D eigenvalue weighted by Crippen LogP contribution is 2.25. The van der Waals surface area contributed by atoms with E-state index in [4.69, 9.17) is 34.8 Å². The van der Waals surface area contributed by atoms with E-state index in [1.165, 1.54) is 0 Å². The van der Waals surface area contributed by atoms with Crippen molar-refractivity contribution in [2.24, 2.45) is 4.99 Å². The van der Waals surface area contributed by atoms with E-state index in [9.17, 15) is 0 Å².